The standard InChI is InChI=1S/C32H36F9N3O9/c1-11-23(45)15(42)7-18(52-11)53-17-9-28(50,12(2)44-43-10-29(33,34)30(35,36)31(37,38)32(39,40)41)8-14-20(17)27(49)22-21(25(14)47)24(46)13-5-4-6-16(51-3)19(13)26(22)48/h4-6,10-11,14-15,17-18,20-23,25,27,45,47,49-50H,7-9,42H2,1-3H3/t11-,14-,15+,17-,18-,20-,21+,22-,23+,25+,27-,28-/m0/s1. The fourth-order valence-corrected chi connectivity index (χ4v) is 7.80. The monoisotopic (exact) mass is 777 g/mol. The first-order valence-corrected chi connectivity index (χ1v) is 16.2. The molecule has 21 heteroatoms. The smallest absolute Gasteiger partial charge is 0.460 e. The van der Waals surface area contributed by atoms with Gasteiger partial charge >= 0.3 is 23.9 Å². The van der Waals surface area contributed by atoms with Crippen molar-refractivity contribution in [2.45, 2.75) is 106 Å². The minimum atomic E-state index is -7.19. The Morgan fingerprint density at radius 3 is 2.17 bits per heavy atom. The number of alkyl halides is 9. The van der Waals surface area contributed by atoms with E-state index in [-0.39, 0.29) is 23.3 Å². The van der Waals surface area contributed by atoms with Gasteiger partial charge in [-0.2, -0.15) is 49.7 Å². The second kappa shape index (κ2) is 13.8. The van der Waals surface area contributed by atoms with E-state index in [0.717, 1.165) is 6.92 Å². The molecule has 1 aromatic rings. The molecule has 0 amide bonds. The first-order chi connectivity index (χ1) is 24.3. The number of rotatable bonds is 8. The topological polar surface area (TPSA) is 193 Å². The molecule has 12 nitrogen and oxygen atoms in total. The van der Waals surface area contributed by atoms with Crippen LogP contribution in [0.4, 0.5) is 39.5 Å². The number of aliphatic hydroxyl groups is 4. The zero-order chi connectivity index (χ0) is 39.8. The normalized spacial score (nSPS) is 37.3. The summed E-state index contributed by atoms with van der Waals surface area (Å²) in [5, 5.41) is 51.5. The number of ether oxygens (including phenoxy) is 3. The van der Waals surface area contributed by atoms with Crippen molar-refractivity contribution in [1.82, 2.24) is 0 Å². The average Bonchev–Trinajstić information content (AvgIpc) is 3.06. The van der Waals surface area contributed by atoms with Crippen molar-refractivity contribution in [1.29, 1.82) is 0 Å². The molecular formula is C32H36F9N3O9. The molecule has 296 valence electrons. The molecule has 12 atom stereocenters. The molecule has 6 N–H and O–H groups in total. The van der Waals surface area contributed by atoms with Gasteiger partial charge in [-0.25, -0.2) is 0 Å². The van der Waals surface area contributed by atoms with Crippen LogP contribution in [0, 0.1) is 23.7 Å². The van der Waals surface area contributed by atoms with Crippen molar-refractivity contribution >= 4 is 23.5 Å². The van der Waals surface area contributed by atoms with Crippen LogP contribution in [0.1, 0.15) is 53.8 Å². The number of fused-ring (bicyclic) bond motifs is 3. The molecule has 3 fully saturated rings. The van der Waals surface area contributed by atoms with Gasteiger partial charge in [-0.1, -0.05) is 12.1 Å². The van der Waals surface area contributed by atoms with Gasteiger partial charge in [0.1, 0.15) is 17.6 Å². The molecule has 0 unspecified atom stereocenters. The van der Waals surface area contributed by atoms with Crippen molar-refractivity contribution in [3.05, 3.63) is 29.3 Å². The number of carbonyl (C=O) groups is 2. The third kappa shape index (κ3) is 6.64. The van der Waals surface area contributed by atoms with Crippen LogP contribution >= 0.6 is 0 Å². The Bertz CT molecular complexity index is 1650. The van der Waals surface area contributed by atoms with Crippen LogP contribution in [0.2, 0.25) is 0 Å². The molecule has 1 heterocycles. The fraction of sp³-hybridized carbons (Fsp3) is 0.688. The number of halogens is 9. The van der Waals surface area contributed by atoms with E-state index in [2.05, 4.69) is 10.2 Å². The number of benzene rings is 1. The second-order valence-electron chi connectivity index (χ2n) is 13.9. The molecule has 1 saturated heterocycles. The second-order valence-corrected chi connectivity index (χ2v) is 13.9. The van der Waals surface area contributed by atoms with Crippen molar-refractivity contribution in [3.63, 3.8) is 0 Å². The number of ketones is 2. The van der Waals surface area contributed by atoms with Crippen molar-refractivity contribution in [2.75, 3.05) is 7.11 Å². The lowest BCUT2D eigenvalue weighted by Crippen LogP contribution is -2.66. The molecule has 0 radical (unpaired) electrons. The van der Waals surface area contributed by atoms with Crippen LogP contribution in [-0.2, 0) is 9.47 Å². The Labute approximate surface area is 294 Å². The van der Waals surface area contributed by atoms with Gasteiger partial charge in [-0.3, -0.25) is 9.59 Å². The molecule has 4 aliphatic rings. The summed E-state index contributed by atoms with van der Waals surface area (Å²) in [6, 6.07) is 3.23. The lowest BCUT2D eigenvalue weighted by Gasteiger charge is -2.56. The van der Waals surface area contributed by atoms with E-state index in [1.807, 2.05) is 0 Å². The van der Waals surface area contributed by atoms with Crippen LogP contribution in [-0.4, -0.2) is 123 Å². The Morgan fingerprint density at radius 1 is 0.962 bits per heavy atom. The first-order valence-electron chi connectivity index (χ1n) is 16.2. The van der Waals surface area contributed by atoms with Gasteiger partial charge in [0.25, 0.3) is 0 Å². The first kappa shape index (κ1) is 41.0. The van der Waals surface area contributed by atoms with E-state index in [1.165, 1.54) is 32.2 Å². The summed E-state index contributed by atoms with van der Waals surface area (Å²) in [5.74, 6) is -27.7. The van der Waals surface area contributed by atoms with Gasteiger partial charge < -0.3 is 40.4 Å². The summed E-state index contributed by atoms with van der Waals surface area (Å²) < 4.78 is 137. The number of methoxy groups -OCH3 is 1. The quantitative estimate of drug-likeness (QED) is 0.149. The number of aliphatic hydroxyl groups excluding tert-OH is 3. The molecule has 0 bridgehead atoms. The third-order valence-corrected chi connectivity index (χ3v) is 10.7. The van der Waals surface area contributed by atoms with Gasteiger partial charge in [0.05, 0.1) is 60.7 Å². The van der Waals surface area contributed by atoms with Crippen LogP contribution in [0.25, 0.3) is 0 Å². The van der Waals surface area contributed by atoms with Crippen LogP contribution < -0.4 is 10.5 Å². The summed E-state index contributed by atoms with van der Waals surface area (Å²) in [6.45, 7) is 2.37. The largest absolute Gasteiger partial charge is 0.496 e. The Morgan fingerprint density at radius 2 is 1.58 bits per heavy atom. The number of hydrogen-bond donors (Lipinski definition) is 5. The number of nitrogens with two attached hydrogens (primary N) is 1. The maximum Gasteiger partial charge on any atom is 0.460 e. The highest BCUT2D eigenvalue weighted by molar-refractivity contribution is 6.18. The lowest BCUT2D eigenvalue weighted by molar-refractivity contribution is -0.384. The SMILES string of the molecule is COc1cccc2c1C(=O)[C@H]1[C@@H](O)[C@H]3[C@H](C[C@@](O)(C(C)=NN=CC(F)(F)C(F)(F)C(F)(F)C(F)(F)F)C[C@@H]3O[C@H]3C[C@@H](N)[C@H](O)[C@H](C)O3)[C@@H](O)[C@H]1C2=O. The Kier molecular flexibility index (Phi) is 10.7. The van der Waals surface area contributed by atoms with Crippen LogP contribution in [0.15, 0.2) is 28.4 Å². The third-order valence-electron chi connectivity index (χ3n) is 10.7. The number of hydrogen-bond acceptors (Lipinski definition) is 12. The minimum absolute atomic E-state index is 0.0175. The molecule has 5 rings (SSSR count). The molecule has 2 saturated carbocycles. The summed E-state index contributed by atoms with van der Waals surface area (Å²) in [5.41, 5.74) is 2.59. The molecule has 53 heavy (non-hydrogen) atoms. The summed E-state index contributed by atoms with van der Waals surface area (Å²) in [6.07, 6.45) is -18.2. The van der Waals surface area contributed by atoms with Crippen LogP contribution in [0.3, 0.4) is 0 Å². The predicted octanol–water partition coefficient (Wildman–Crippen LogP) is 2.92. The van der Waals surface area contributed by atoms with Gasteiger partial charge in [-0.05, 0) is 32.3 Å². The van der Waals surface area contributed by atoms with E-state index in [9.17, 15) is 69.5 Å². The van der Waals surface area contributed by atoms with Gasteiger partial charge in [0, 0.05) is 30.4 Å². The van der Waals surface area contributed by atoms with Crippen molar-refractivity contribution in [2.24, 2.45) is 39.6 Å². The predicted molar refractivity (Wildman–Crippen MR) is 162 cm³/mol. The Balaban J connectivity index is 1.53. The highest BCUT2D eigenvalue weighted by Gasteiger charge is 2.81. The lowest BCUT2D eigenvalue weighted by atomic mass is 9.52. The van der Waals surface area contributed by atoms with E-state index in [1.54, 1.807) is 0 Å². The maximum atomic E-state index is 14.1. The van der Waals surface area contributed by atoms with E-state index in [0.29, 0.717) is 0 Å². The summed E-state index contributed by atoms with van der Waals surface area (Å²) in [4.78, 5) is 27.7. The minimum Gasteiger partial charge on any atom is -0.496 e. The molecule has 0 aromatic heterocycles. The van der Waals surface area contributed by atoms with Gasteiger partial charge in [-0.15, -0.1) is 0 Å². The molecule has 3 aliphatic carbocycles. The van der Waals surface area contributed by atoms with Gasteiger partial charge in [0.2, 0.25) is 0 Å². The zero-order valence-corrected chi connectivity index (χ0v) is 28.0. The number of nitrogens with zero attached hydrogens (tertiary/aromatic N) is 2. The zero-order valence-electron chi connectivity index (χ0n) is 28.0. The molecule has 1 aliphatic heterocycles. The number of Topliss-reactive ketones (excluding diaryl/α,β-unsaturated/α-hetero) is 2. The molecular weight excluding hydrogens is 741 g/mol. The van der Waals surface area contributed by atoms with Crippen LogP contribution in [0.5, 0.6) is 5.75 Å². The summed E-state index contributed by atoms with van der Waals surface area (Å²) in [7, 11) is 1.25. The Hall–Kier alpha value is -3.21. The fourth-order valence-electron chi connectivity index (χ4n) is 7.80. The molecule has 0 spiro atoms. The van der Waals surface area contributed by atoms with E-state index in [4.69, 9.17) is 19.9 Å². The van der Waals surface area contributed by atoms with Gasteiger partial charge in [0.15, 0.2) is 17.9 Å². The molecule has 1 aromatic carbocycles. The maximum absolute atomic E-state index is 14.1. The van der Waals surface area contributed by atoms with Crippen molar-refractivity contribution < 1.29 is 83.7 Å². The average molecular weight is 778 g/mol. The van der Waals surface area contributed by atoms with E-state index >= 15 is 0 Å². The van der Waals surface area contributed by atoms with Crippen molar-refractivity contribution in [3.8, 4) is 5.75 Å². The highest BCUT2D eigenvalue weighted by Crippen LogP contribution is 2.55. The number of carbonyl (C=O) groups excluding carboxylic acids is 2. The summed E-state index contributed by atoms with van der Waals surface area (Å²) >= 11 is 0. The highest BCUT2D eigenvalue weighted by atomic mass is 19.4. The van der Waals surface area contributed by atoms with E-state index < -0.39 is 132 Å².